The van der Waals surface area contributed by atoms with Crippen molar-refractivity contribution in [1.82, 2.24) is 0 Å². The smallest absolute Gasteiger partial charge is 0.143 e. The first kappa shape index (κ1) is 8.82. The average molecular weight is 193 g/mol. The zero-order chi connectivity index (χ0) is 7.44. The fraction of sp³-hybridized carbons (Fsp3) is 0.667. The summed E-state index contributed by atoms with van der Waals surface area (Å²) in [6.07, 6.45) is 0.301. The Morgan fingerprint density at radius 2 is 1.89 bits per heavy atom. The predicted octanol–water partition coefficient (Wildman–Crippen LogP) is 1.32. The first-order chi connectivity index (χ1) is 4.04. The Hall–Kier alpha value is -0.180. The van der Waals surface area contributed by atoms with Crippen LogP contribution in [-0.2, 0) is 9.59 Å². The normalized spacial score (nSPS) is 12.8. The summed E-state index contributed by atoms with van der Waals surface area (Å²) in [5, 5.41) is 0. The van der Waals surface area contributed by atoms with Gasteiger partial charge in [0.05, 0.1) is 4.83 Å². The first-order valence-corrected chi connectivity index (χ1v) is 3.59. The van der Waals surface area contributed by atoms with Crippen molar-refractivity contribution >= 4 is 27.5 Å². The molecule has 9 heavy (non-hydrogen) atoms. The molecule has 0 bridgehead atoms. The number of carbonyl (C=O) groups excluding carboxylic acids is 2. The number of rotatable bonds is 3. The minimum Gasteiger partial charge on any atom is -0.300 e. The van der Waals surface area contributed by atoms with Crippen molar-refractivity contribution in [1.29, 1.82) is 0 Å². The highest BCUT2D eigenvalue weighted by Crippen LogP contribution is 2.05. The molecule has 0 heterocycles. The summed E-state index contributed by atoms with van der Waals surface area (Å²) in [5.41, 5.74) is 0. The molecule has 0 fully saturated rings. The molecule has 0 aromatic carbocycles. The van der Waals surface area contributed by atoms with Crippen LogP contribution in [0.3, 0.4) is 0 Å². The zero-order valence-electron chi connectivity index (χ0n) is 5.48. The highest BCUT2D eigenvalue weighted by Gasteiger charge is 2.10. The van der Waals surface area contributed by atoms with Gasteiger partial charge < -0.3 is 0 Å². The Balaban J connectivity index is 3.63. The SMILES string of the molecule is CC(=O)CC(Br)C(C)=O. The standard InChI is InChI=1S/C6H9BrO2/c1-4(8)3-6(7)5(2)9/h6H,3H2,1-2H3. The van der Waals surface area contributed by atoms with Gasteiger partial charge in [0.25, 0.3) is 0 Å². The molecule has 0 aliphatic rings. The second-order valence-corrected chi connectivity index (χ2v) is 3.09. The molecular formula is C6H9BrO2. The first-order valence-electron chi connectivity index (χ1n) is 2.68. The number of hydrogen-bond acceptors (Lipinski definition) is 2. The Bertz CT molecular complexity index is 131. The van der Waals surface area contributed by atoms with E-state index < -0.39 is 0 Å². The van der Waals surface area contributed by atoms with Gasteiger partial charge >= 0.3 is 0 Å². The van der Waals surface area contributed by atoms with Crippen molar-refractivity contribution in [3.05, 3.63) is 0 Å². The molecule has 3 heteroatoms. The molecule has 0 aliphatic heterocycles. The van der Waals surface area contributed by atoms with E-state index in [-0.39, 0.29) is 16.4 Å². The number of Topliss-reactive ketones (excluding diaryl/α,β-unsaturated/α-hetero) is 2. The van der Waals surface area contributed by atoms with Gasteiger partial charge in [0.1, 0.15) is 11.6 Å². The summed E-state index contributed by atoms with van der Waals surface area (Å²) < 4.78 is 0. The molecule has 1 atom stereocenters. The summed E-state index contributed by atoms with van der Waals surface area (Å²) in [7, 11) is 0. The van der Waals surface area contributed by atoms with E-state index in [0.717, 1.165) is 0 Å². The van der Waals surface area contributed by atoms with Crippen molar-refractivity contribution in [2.45, 2.75) is 25.1 Å². The lowest BCUT2D eigenvalue weighted by Gasteiger charge is -1.99. The van der Waals surface area contributed by atoms with E-state index in [2.05, 4.69) is 15.9 Å². The molecule has 0 spiro atoms. The summed E-state index contributed by atoms with van der Waals surface area (Å²) in [5.74, 6) is 0.0391. The van der Waals surface area contributed by atoms with E-state index in [1.165, 1.54) is 13.8 Å². The Morgan fingerprint density at radius 3 is 2.00 bits per heavy atom. The molecule has 0 radical (unpaired) electrons. The van der Waals surface area contributed by atoms with Gasteiger partial charge in [-0.25, -0.2) is 0 Å². The number of alkyl halides is 1. The van der Waals surface area contributed by atoms with Crippen LogP contribution in [0.25, 0.3) is 0 Å². The summed E-state index contributed by atoms with van der Waals surface area (Å²) in [6.45, 7) is 2.93. The van der Waals surface area contributed by atoms with Crippen molar-refractivity contribution in [3.63, 3.8) is 0 Å². The van der Waals surface area contributed by atoms with E-state index in [9.17, 15) is 9.59 Å². The number of halogens is 1. The maximum atomic E-state index is 10.5. The molecule has 0 aromatic heterocycles. The van der Waals surface area contributed by atoms with Crippen molar-refractivity contribution < 1.29 is 9.59 Å². The Kier molecular flexibility index (Phi) is 3.70. The molecule has 0 aromatic rings. The molecule has 0 saturated heterocycles. The van der Waals surface area contributed by atoms with Gasteiger partial charge in [-0.2, -0.15) is 0 Å². The lowest BCUT2D eigenvalue weighted by atomic mass is 10.2. The molecule has 0 aliphatic carbocycles. The van der Waals surface area contributed by atoms with E-state index >= 15 is 0 Å². The van der Waals surface area contributed by atoms with E-state index in [1.54, 1.807) is 0 Å². The van der Waals surface area contributed by atoms with Crippen LogP contribution in [0, 0.1) is 0 Å². The van der Waals surface area contributed by atoms with E-state index in [4.69, 9.17) is 0 Å². The van der Waals surface area contributed by atoms with Crippen LogP contribution in [0.1, 0.15) is 20.3 Å². The maximum absolute atomic E-state index is 10.5. The quantitative estimate of drug-likeness (QED) is 0.633. The molecule has 1 unspecified atom stereocenters. The molecule has 0 amide bonds. The van der Waals surface area contributed by atoms with Crippen LogP contribution >= 0.6 is 15.9 Å². The average Bonchev–Trinajstić information content (AvgIpc) is 1.63. The van der Waals surface area contributed by atoms with Gasteiger partial charge in [-0.15, -0.1) is 0 Å². The molecule has 0 rings (SSSR count). The van der Waals surface area contributed by atoms with Crippen molar-refractivity contribution in [3.8, 4) is 0 Å². The number of ketones is 2. The molecule has 52 valence electrons. The van der Waals surface area contributed by atoms with Crippen LogP contribution in [0.2, 0.25) is 0 Å². The number of hydrogen-bond donors (Lipinski definition) is 0. The maximum Gasteiger partial charge on any atom is 0.143 e. The van der Waals surface area contributed by atoms with Crippen LogP contribution in [0.5, 0.6) is 0 Å². The Labute approximate surface area is 62.8 Å². The minimum absolute atomic E-state index is 0.00481. The fourth-order valence-electron chi connectivity index (χ4n) is 0.396. The molecule has 0 N–H and O–H groups in total. The van der Waals surface area contributed by atoms with Crippen molar-refractivity contribution in [2.75, 3.05) is 0 Å². The van der Waals surface area contributed by atoms with Crippen LogP contribution in [-0.4, -0.2) is 16.4 Å². The zero-order valence-corrected chi connectivity index (χ0v) is 7.06. The fourth-order valence-corrected chi connectivity index (χ4v) is 0.852. The van der Waals surface area contributed by atoms with E-state index in [0.29, 0.717) is 6.42 Å². The van der Waals surface area contributed by atoms with Crippen LogP contribution < -0.4 is 0 Å². The Morgan fingerprint density at radius 1 is 1.44 bits per heavy atom. The largest absolute Gasteiger partial charge is 0.300 e. The van der Waals surface area contributed by atoms with Gasteiger partial charge in [0.15, 0.2) is 0 Å². The lowest BCUT2D eigenvalue weighted by Crippen LogP contribution is -2.12. The van der Waals surface area contributed by atoms with Gasteiger partial charge in [0.2, 0.25) is 0 Å². The monoisotopic (exact) mass is 192 g/mol. The molecule has 2 nitrogen and oxygen atoms in total. The summed E-state index contributed by atoms with van der Waals surface area (Å²) in [4.78, 5) is 20.6. The third-order valence-electron chi connectivity index (χ3n) is 0.908. The predicted molar refractivity (Wildman–Crippen MR) is 38.7 cm³/mol. The van der Waals surface area contributed by atoms with Gasteiger partial charge in [-0.1, -0.05) is 15.9 Å². The van der Waals surface area contributed by atoms with Crippen LogP contribution in [0.15, 0.2) is 0 Å². The van der Waals surface area contributed by atoms with E-state index in [1.807, 2.05) is 0 Å². The highest BCUT2D eigenvalue weighted by molar-refractivity contribution is 9.10. The molecule has 0 saturated carbocycles. The van der Waals surface area contributed by atoms with Gasteiger partial charge in [-0.3, -0.25) is 9.59 Å². The third-order valence-corrected chi connectivity index (χ3v) is 1.88. The van der Waals surface area contributed by atoms with Gasteiger partial charge in [0, 0.05) is 6.42 Å². The summed E-state index contributed by atoms with van der Waals surface area (Å²) in [6, 6.07) is 0. The molecular weight excluding hydrogens is 184 g/mol. The highest BCUT2D eigenvalue weighted by atomic mass is 79.9. The second kappa shape index (κ2) is 3.77. The second-order valence-electron chi connectivity index (χ2n) is 1.98. The van der Waals surface area contributed by atoms with Crippen molar-refractivity contribution in [2.24, 2.45) is 0 Å². The topological polar surface area (TPSA) is 34.1 Å². The van der Waals surface area contributed by atoms with Crippen LogP contribution in [0.4, 0.5) is 0 Å². The number of carbonyl (C=O) groups is 2. The third kappa shape index (κ3) is 4.33. The lowest BCUT2D eigenvalue weighted by molar-refractivity contribution is -0.121. The minimum atomic E-state index is -0.282. The van der Waals surface area contributed by atoms with Gasteiger partial charge in [-0.05, 0) is 13.8 Å². The summed E-state index contributed by atoms with van der Waals surface area (Å²) >= 11 is 3.07.